The third-order valence-corrected chi connectivity index (χ3v) is 8.00. The lowest BCUT2D eigenvalue weighted by Crippen LogP contribution is -2.24. The van der Waals surface area contributed by atoms with Crippen LogP contribution in [0, 0.1) is 0 Å². The van der Waals surface area contributed by atoms with E-state index in [9.17, 15) is 13.5 Å². The van der Waals surface area contributed by atoms with Crippen molar-refractivity contribution >= 4 is 26.7 Å². The van der Waals surface area contributed by atoms with Crippen LogP contribution in [-0.4, -0.2) is 28.4 Å². The monoisotopic (exact) mass is 561 g/mol. The SMILES string of the molecule is [O]c1ccc(S(=O)(=O)Nc2ccccc2-c2nc3c(CNC(c4ccccn4)c4ccccn4)cccc3[nH]2)cc1. The zero-order valence-electron chi connectivity index (χ0n) is 21.7. The number of imidazole rings is 1. The van der Waals surface area contributed by atoms with Crippen molar-refractivity contribution < 1.29 is 13.5 Å². The molecule has 0 unspecified atom stereocenters. The lowest BCUT2D eigenvalue weighted by atomic mass is 10.1. The summed E-state index contributed by atoms with van der Waals surface area (Å²) < 4.78 is 28.7. The Balaban J connectivity index is 1.31. The van der Waals surface area contributed by atoms with Gasteiger partial charge in [0.15, 0.2) is 5.75 Å². The topological polar surface area (TPSA) is 133 Å². The van der Waals surface area contributed by atoms with Gasteiger partial charge in [-0.2, -0.15) is 0 Å². The van der Waals surface area contributed by atoms with Crippen LogP contribution in [-0.2, 0) is 21.7 Å². The van der Waals surface area contributed by atoms with Crippen LogP contribution in [0.3, 0.4) is 0 Å². The van der Waals surface area contributed by atoms with Gasteiger partial charge in [0.1, 0.15) is 5.82 Å². The molecule has 3 N–H and O–H groups in total. The van der Waals surface area contributed by atoms with Crippen molar-refractivity contribution in [2.45, 2.75) is 17.5 Å². The van der Waals surface area contributed by atoms with Gasteiger partial charge in [0.2, 0.25) is 0 Å². The average molecular weight is 562 g/mol. The standard InChI is InChI=1S/C31H25N6O3S/c38-22-14-16-23(17-15-22)41(39,40)37-25-10-2-1-9-24(25)31-35-28-13-7-8-21(29(28)36-31)20-34-30(26-11-3-5-18-32-26)27-12-4-6-19-33-27/h1-19,30,34,37H,20H2,(H,35,36). The van der Waals surface area contributed by atoms with Crippen LogP contribution in [0.15, 0.2) is 120 Å². The molecule has 3 aromatic carbocycles. The van der Waals surface area contributed by atoms with E-state index >= 15 is 0 Å². The summed E-state index contributed by atoms with van der Waals surface area (Å²) in [5.74, 6) is 0.259. The van der Waals surface area contributed by atoms with Gasteiger partial charge >= 0.3 is 0 Å². The Labute approximate surface area is 237 Å². The summed E-state index contributed by atoms with van der Waals surface area (Å²) >= 11 is 0. The second-order valence-corrected chi connectivity index (χ2v) is 11.0. The Morgan fingerprint density at radius 2 is 1.44 bits per heavy atom. The summed E-state index contributed by atoms with van der Waals surface area (Å²) in [6.45, 7) is 0.490. The summed E-state index contributed by atoms with van der Waals surface area (Å²) in [5, 5.41) is 15.0. The van der Waals surface area contributed by atoms with E-state index in [1.807, 2.05) is 60.7 Å². The Kier molecular flexibility index (Phi) is 7.15. The van der Waals surface area contributed by atoms with Crippen molar-refractivity contribution in [3.8, 4) is 17.1 Å². The van der Waals surface area contributed by atoms with Crippen molar-refractivity contribution in [3.05, 3.63) is 132 Å². The minimum atomic E-state index is -3.92. The molecule has 41 heavy (non-hydrogen) atoms. The number of anilines is 1. The van der Waals surface area contributed by atoms with Crippen molar-refractivity contribution in [3.63, 3.8) is 0 Å². The second kappa shape index (κ2) is 11.2. The minimum absolute atomic E-state index is 0.000218. The number of pyridine rings is 2. The van der Waals surface area contributed by atoms with E-state index in [0.717, 1.165) is 28.0 Å². The first-order valence-corrected chi connectivity index (χ1v) is 14.4. The lowest BCUT2D eigenvalue weighted by molar-refractivity contribution is 0.354. The van der Waals surface area contributed by atoms with E-state index in [1.54, 1.807) is 30.6 Å². The van der Waals surface area contributed by atoms with Crippen LogP contribution in [0.2, 0.25) is 0 Å². The van der Waals surface area contributed by atoms with Crippen LogP contribution in [0.4, 0.5) is 5.69 Å². The molecule has 9 nitrogen and oxygen atoms in total. The van der Waals surface area contributed by atoms with E-state index in [1.165, 1.54) is 24.3 Å². The van der Waals surface area contributed by atoms with Gasteiger partial charge < -0.3 is 4.98 Å². The number of hydrogen-bond donors (Lipinski definition) is 3. The average Bonchev–Trinajstić information content (AvgIpc) is 3.44. The Bertz CT molecular complexity index is 1850. The third kappa shape index (κ3) is 5.65. The molecule has 0 aliphatic carbocycles. The molecule has 0 aliphatic heterocycles. The van der Waals surface area contributed by atoms with Gasteiger partial charge in [-0.1, -0.05) is 36.4 Å². The highest BCUT2D eigenvalue weighted by Crippen LogP contribution is 2.31. The Morgan fingerprint density at radius 3 is 2.12 bits per heavy atom. The van der Waals surface area contributed by atoms with E-state index in [-0.39, 0.29) is 16.7 Å². The van der Waals surface area contributed by atoms with Crippen molar-refractivity contribution in [2.24, 2.45) is 0 Å². The molecule has 10 heteroatoms. The lowest BCUT2D eigenvalue weighted by Gasteiger charge is -2.18. The molecule has 3 aromatic heterocycles. The quantitative estimate of drug-likeness (QED) is 0.203. The normalized spacial score (nSPS) is 11.6. The Morgan fingerprint density at radius 1 is 0.756 bits per heavy atom. The van der Waals surface area contributed by atoms with Crippen LogP contribution in [0.25, 0.3) is 22.4 Å². The second-order valence-electron chi connectivity index (χ2n) is 9.34. The summed E-state index contributed by atoms with van der Waals surface area (Å²) in [4.78, 5) is 17.3. The third-order valence-electron chi connectivity index (χ3n) is 6.62. The van der Waals surface area contributed by atoms with Gasteiger partial charge in [0.25, 0.3) is 10.0 Å². The maximum Gasteiger partial charge on any atom is 0.261 e. The Hall–Kier alpha value is -5.06. The summed E-state index contributed by atoms with van der Waals surface area (Å²) in [5.41, 5.74) is 5.20. The fourth-order valence-corrected chi connectivity index (χ4v) is 5.71. The highest BCUT2D eigenvalue weighted by Gasteiger charge is 2.20. The maximum atomic E-state index is 13.0. The number of nitrogens with one attached hydrogen (secondary N) is 3. The van der Waals surface area contributed by atoms with E-state index in [2.05, 4.69) is 25.0 Å². The molecule has 0 saturated heterocycles. The number of hydrogen-bond acceptors (Lipinski definition) is 6. The van der Waals surface area contributed by atoms with Gasteiger partial charge in [0.05, 0.1) is 39.0 Å². The largest absolute Gasteiger partial charge is 0.338 e. The molecule has 1 radical (unpaired) electrons. The zero-order chi connectivity index (χ0) is 28.2. The number of rotatable bonds is 9. The van der Waals surface area contributed by atoms with E-state index in [0.29, 0.717) is 23.6 Å². The number of fused-ring (bicyclic) bond motifs is 1. The molecule has 6 aromatic rings. The molecule has 203 valence electrons. The molecular formula is C31H25N6O3S. The highest BCUT2D eigenvalue weighted by molar-refractivity contribution is 7.92. The number of sulfonamides is 1. The van der Waals surface area contributed by atoms with E-state index in [4.69, 9.17) is 4.98 Å². The molecule has 0 amide bonds. The first kappa shape index (κ1) is 26.2. The molecule has 0 atom stereocenters. The highest BCUT2D eigenvalue weighted by atomic mass is 32.2. The smallest absolute Gasteiger partial charge is 0.261 e. The fourth-order valence-electron chi connectivity index (χ4n) is 4.63. The number of H-pyrrole nitrogens is 1. The number of benzene rings is 3. The first-order chi connectivity index (χ1) is 20.0. The predicted octanol–water partition coefficient (Wildman–Crippen LogP) is 5.84. The number of para-hydroxylation sites is 2. The summed E-state index contributed by atoms with van der Waals surface area (Å²) in [7, 11) is -3.92. The number of nitrogens with zero attached hydrogens (tertiary/aromatic N) is 3. The fraction of sp³-hybridized carbons (Fsp3) is 0.0645. The van der Waals surface area contributed by atoms with Crippen molar-refractivity contribution in [2.75, 3.05) is 4.72 Å². The molecule has 3 heterocycles. The zero-order valence-corrected chi connectivity index (χ0v) is 22.5. The first-order valence-electron chi connectivity index (χ1n) is 12.9. The number of aromatic amines is 1. The maximum absolute atomic E-state index is 13.0. The van der Waals surface area contributed by atoms with Gasteiger partial charge in [-0.3, -0.25) is 25.1 Å². The molecule has 0 saturated carbocycles. The van der Waals surface area contributed by atoms with Gasteiger partial charge in [-0.05, 0) is 72.3 Å². The van der Waals surface area contributed by atoms with Crippen LogP contribution < -0.4 is 10.0 Å². The molecule has 0 spiro atoms. The molecule has 0 fully saturated rings. The molecule has 0 bridgehead atoms. The van der Waals surface area contributed by atoms with Gasteiger partial charge in [-0.15, -0.1) is 0 Å². The van der Waals surface area contributed by atoms with Crippen LogP contribution in [0.5, 0.6) is 5.75 Å². The molecular weight excluding hydrogens is 536 g/mol. The van der Waals surface area contributed by atoms with Gasteiger partial charge in [0, 0.05) is 24.5 Å². The minimum Gasteiger partial charge on any atom is -0.338 e. The van der Waals surface area contributed by atoms with Crippen LogP contribution >= 0.6 is 0 Å². The summed E-state index contributed by atoms with van der Waals surface area (Å²) in [6.07, 6.45) is 3.52. The van der Waals surface area contributed by atoms with Crippen molar-refractivity contribution in [1.82, 2.24) is 25.3 Å². The molecule has 0 aliphatic rings. The van der Waals surface area contributed by atoms with Crippen molar-refractivity contribution in [1.29, 1.82) is 0 Å². The van der Waals surface area contributed by atoms with E-state index < -0.39 is 10.0 Å². The summed E-state index contributed by atoms with van der Waals surface area (Å²) in [6, 6.07) is 29.3. The van der Waals surface area contributed by atoms with Crippen LogP contribution in [0.1, 0.15) is 23.0 Å². The predicted molar refractivity (Wildman–Crippen MR) is 156 cm³/mol. The number of aromatic nitrogens is 4. The molecule has 6 rings (SSSR count). The van der Waals surface area contributed by atoms with Gasteiger partial charge in [-0.25, -0.2) is 13.4 Å².